The molecule has 0 radical (unpaired) electrons. The number of rotatable bonds is 5. The molecule has 0 saturated heterocycles. The average Bonchev–Trinajstić information content (AvgIpc) is 2.22. The zero-order valence-corrected chi connectivity index (χ0v) is 9.55. The van der Waals surface area contributed by atoms with Crippen molar-refractivity contribution in [3.63, 3.8) is 0 Å². The van der Waals surface area contributed by atoms with E-state index in [1.807, 2.05) is 31.2 Å². The normalized spacial score (nSPS) is 10.0. The molecular formula is C13H19NO. The zero-order chi connectivity index (χ0) is 11.1. The molecule has 0 bridgehead atoms. The smallest absolute Gasteiger partial charge is 0.224 e. The Balaban J connectivity index is 2.41. The number of hydrogen-bond donors (Lipinski definition) is 1. The van der Waals surface area contributed by atoms with E-state index in [1.165, 1.54) is 0 Å². The van der Waals surface area contributed by atoms with E-state index >= 15 is 0 Å². The van der Waals surface area contributed by atoms with E-state index in [0.29, 0.717) is 6.42 Å². The molecule has 0 unspecified atom stereocenters. The third-order valence-electron chi connectivity index (χ3n) is 2.43. The molecule has 0 saturated carbocycles. The first-order valence-electron chi connectivity index (χ1n) is 5.59. The van der Waals surface area contributed by atoms with Gasteiger partial charge in [-0.15, -0.1) is 0 Å². The highest BCUT2D eigenvalue weighted by Gasteiger charge is 2.02. The van der Waals surface area contributed by atoms with Crippen LogP contribution < -0.4 is 5.32 Å². The number of amides is 1. The van der Waals surface area contributed by atoms with Gasteiger partial charge in [-0.3, -0.25) is 4.79 Å². The van der Waals surface area contributed by atoms with Crippen molar-refractivity contribution in [2.75, 3.05) is 5.32 Å². The van der Waals surface area contributed by atoms with Gasteiger partial charge in [-0.25, -0.2) is 0 Å². The number of para-hydroxylation sites is 1. The standard InChI is InChI=1S/C13H19NO/c1-3-4-5-10-13(15)14-12-9-7-6-8-11(12)2/h6-9H,3-5,10H2,1-2H3,(H,14,15). The maximum absolute atomic E-state index is 11.5. The van der Waals surface area contributed by atoms with Gasteiger partial charge >= 0.3 is 0 Å². The second-order valence-electron chi connectivity index (χ2n) is 3.82. The first kappa shape index (κ1) is 11.8. The molecule has 0 heterocycles. The molecule has 15 heavy (non-hydrogen) atoms. The van der Waals surface area contributed by atoms with E-state index in [-0.39, 0.29) is 5.91 Å². The second-order valence-corrected chi connectivity index (χ2v) is 3.82. The van der Waals surface area contributed by atoms with Crippen LogP contribution in [0.1, 0.15) is 38.2 Å². The van der Waals surface area contributed by atoms with Gasteiger partial charge in [0, 0.05) is 12.1 Å². The third kappa shape index (κ3) is 4.15. The van der Waals surface area contributed by atoms with Gasteiger partial charge in [-0.1, -0.05) is 38.0 Å². The van der Waals surface area contributed by atoms with Crippen molar-refractivity contribution in [2.45, 2.75) is 39.5 Å². The van der Waals surface area contributed by atoms with Crippen LogP contribution in [0.2, 0.25) is 0 Å². The van der Waals surface area contributed by atoms with Gasteiger partial charge in [0.25, 0.3) is 0 Å². The summed E-state index contributed by atoms with van der Waals surface area (Å²) in [6, 6.07) is 7.85. The predicted octanol–water partition coefficient (Wildman–Crippen LogP) is 3.51. The molecule has 0 aromatic heterocycles. The molecule has 2 nitrogen and oxygen atoms in total. The maximum Gasteiger partial charge on any atom is 0.224 e. The van der Waals surface area contributed by atoms with Crippen LogP contribution in [0.3, 0.4) is 0 Å². The summed E-state index contributed by atoms with van der Waals surface area (Å²) in [6.07, 6.45) is 3.88. The minimum atomic E-state index is 0.123. The SMILES string of the molecule is CCCCCC(=O)Nc1ccccc1C. The third-order valence-corrected chi connectivity index (χ3v) is 2.43. The summed E-state index contributed by atoms with van der Waals surface area (Å²) in [5, 5.41) is 2.93. The van der Waals surface area contributed by atoms with Crippen LogP contribution in [0.4, 0.5) is 5.69 Å². The zero-order valence-electron chi connectivity index (χ0n) is 9.55. The lowest BCUT2D eigenvalue weighted by molar-refractivity contribution is -0.116. The van der Waals surface area contributed by atoms with Gasteiger partial charge < -0.3 is 5.32 Å². The highest BCUT2D eigenvalue weighted by molar-refractivity contribution is 5.91. The van der Waals surface area contributed by atoms with E-state index in [2.05, 4.69) is 12.2 Å². The highest BCUT2D eigenvalue weighted by atomic mass is 16.1. The first-order chi connectivity index (χ1) is 7.24. The van der Waals surface area contributed by atoms with E-state index in [9.17, 15) is 4.79 Å². The largest absolute Gasteiger partial charge is 0.326 e. The fourth-order valence-corrected chi connectivity index (χ4v) is 1.46. The molecule has 1 N–H and O–H groups in total. The number of anilines is 1. The number of carbonyl (C=O) groups is 1. The Morgan fingerprint density at radius 2 is 2.00 bits per heavy atom. The second kappa shape index (κ2) is 6.23. The Labute approximate surface area is 91.7 Å². The van der Waals surface area contributed by atoms with Crippen LogP contribution in [0.5, 0.6) is 0 Å². The van der Waals surface area contributed by atoms with Crippen molar-refractivity contribution in [1.82, 2.24) is 0 Å². The topological polar surface area (TPSA) is 29.1 Å². The van der Waals surface area contributed by atoms with Crippen molar-refractivity contribution in [3.8, 4) is 0 Å². The van der Waals surface area contributed by atoms with Crippen LogP contribution in [-0.2, 0) is 4.79 Å². The Hall–Kier alpha value is -1.31. The summed E-state index contributed by atoms with van der Waals surface area (Å²) in [7, 11) is 0. The quantitative estimate of drug-likeness (QED) is 0.732. The van der Waals surface area contributed by atoms with Crippen molar-refractivity contribution in [1.29, 1.82) is 0 Å². The van der Waals surface area contributed by atoms with Crippen LogP contribution in [0.25, 0.3) is 0 Å². The van der Waals surface area contributed by atoms with E-state index < -0.39 is 0 Å². The van der Waals surface area contributed by atoms with E-state index in [4.69, 9.17) is 0 Å². The Kier molecular flexibility index (Phi) is 4.88. The monoisotopic (exact) mass is 205 g/mol. The summed E-state index contributed by atoms with van der Waals surface area (Å²) in [6.45, 7) is 4.14. The maximum atomic E-state index is 11.5. The number of unbranched alkanes of at least 4 members (excludes halogenated alkanes) is 2. The van der Waals surface area contributed by atoms with Crippen LogP contribution in [-0.4, -0.2) is 5.91 Å². The molecule has 0 spiro atoms. The summed E-state index contributed by atoms with van der Waals surface area (Å²) in [5.74, 6) is 0.123. The lowest BCUT2D eigenvalue weighted by Gasteiger charge is -2.07. The Morgan fingerprint density at radius 1 is 1.27 bits per heavy atom. The van der Waals surface area contributed by atoms with Crippen LogP contribution in [0.15, 0.2) is 24.3 Å². The van der Waals surface area contributed by atoms with Gasteiger partial charge in [0.05, 0.1) is 0 Å². The summed E-state index contributed by atoms with van der Waals surface area (Å²) in [4.78, 5) is 11.5. The molecule has 0 aliphatic heterocycles. The number of carbonyl (C=O) groups excluding carboxylic acids is 1. The molecule has 0 aliphatic carbocycles. The first-order valence-corrected chi connectivity index (χ1v) is 5.59. The van der Waals surface area contributed by atoms with Crippen molar-refractivity contribution >= 4 is 11.6 Å². The number of aryl methyl sites for hydroxylation is 1. The minimum Gasteiger partial charge on any atom is -0.326 e. The molecule has 82 valence electrons. The summed E-state index contributed by atoms with van der Waals surface area (Å²) < 4.78 is 0. The number of hydrogen-bond acceptors (Lipinski definition) is 1. The summed E-state index contributed by atoms with van der Waals surface area (Å²) >= 11 is 0. The number of nitrogens with one attached hydrogen (secondary N) is 1. The van der Waals surface area contributed by atoms with Crippen LogP contribution in [0, 0.1) is 6.92 Å². The predicted molar refractivity (Wildman–Crippen MR) is 64.0 cm³/mol. The van der Waals surface area contributed by atoms with Crippen LogP contribution >= 0.6 is 0 Å². The van der Waals surface area contributed by atoms with Gasteiger partial charge in [0.1, 0.15) is 0 Å². The van der Waals surface area contributed by atoms with Gasteiger partial charge in [0.2, 0.25) is 5.91 Å². The van der Waals surface area contributed by atoms with Crippen molar-refractivity contribution < 1.29 is 4.79 Å². The molecule has 1 rings (SSSR count). The lowest BCUT2D eigenvalue weighted by Crippen LogP contribution is -2.11. The molecular weight excluding hydrogens is 186 g/mol. The molecule has 0 atom stereocenters. The minimum absolute atomic E-state index is 0.123. The summed E-state index contributed by atoms with van der Waals surface area (Å²) in [5.41, 5.74) is 2.04. The molecule has 1 aromatic rings. The molecule has 0 fully saturated rings. The van der Waals surface area contributed by atoms with E-state index in [0.717, 1.165) is 30.5 Å². The molecule has 0 aliphatic rings. The molecule has 1 amide bonds. The van der Waals surface area contributed by atoms with Gasteiger partial charge in [0.15, 0.2) is 0 Å². The highest BCUT2D eigenvalue weighted by Crippen LogP contribution is 2.13. The molecule has 1 aromatic carbocycles. The Bertz CT molecular complexity index is 320. The van der Waals surface area contributed by atoms with E-state index in [1.54, 1.807) is 0 Å². The molecule has 2 heteroatoms. The van der Waals surface area contributed by atoms with Crippen molar-refractivity contribution in [3.05, 3.63) is 29.8 Å². The lowest BCUT2D eigenvalue weighted by atomic mass is 10.1. The van der Waals surface area contributed by atoms with Gasteiger partial charge in [-0.05, 0) is 25.0 Å². The Morgan fingerprint density at radius 3 is 2.67 bits per heavy atom. The van der Waals surface area contributed by atoms with Gasteiger partial charge in [-0.2, -0.15) is 0 Å². The fraction of sp³-hybridized carbons (Fsp3) is 0.462. The number of benzene rings is 1. The fourth-order valence-electron chi connectivity index (χ4n) is 1.46. The average molecular weight is 205 g/mol. The van der Waals surface area contributed by atoms with Crippen molar-refractivity contribution in [2.24, 2.45) is 0 Å².